The fourth-order valence-corrected chi connectivity index (χ4v) is 2.88. The predicted molar refractivity (Wildman–Crippen MR) is 101 cm³/mol. The Kier molecular flexibility index (Phi) is 5.46. The molecule has 2 nitrogen and oxygen atoms in total. The lowest BCUT2D eigenvalue weighted by Crippen LogP contribution is -2.14. The number of unbranched alkanes of at least 4 members (excludes halogenated alkanes) is 2. The van der Waals surface area contributed by atoms with Crippen molar-refractivity contribution in [1.82, 2.24) is 9.38 Å². The summed E-state index contributed by atoms with van der Waals surface area (Å²) in [5.74, 6) is 0. The van der Waals surface area contributed by atoms with Gasteiger partial charge in [-0.1, -0.05) is 78.1 Å². The number of imidazole rings is 1. The third-order valence-corrected chi connectivity index (χ3v) is 4.19. The van der Waals surface area contributed by atoms with E-state index >= 15 is 0 Å². The van der Waals surface area contributed by atoms with Gasteiger partial charge in [0.25, 0.3) is 0 Å². The minimum atomic E-state index is 0.105. The number of nitrogens with zero attached hydrogens (tertiary/aromatic N) is 2. The molecule has 0 spiro atoms. The van der Waals surface area contributed by atoms with Gasteiger partial charge in [0.15, 0.2) is 0 Å². The fourth-order valence-electron chi connectivity index (χ4n) is 2.88. The van der Waals surface area contributed by atoms with Crippen LogP contribution in [-0.2, 0) is 5.41 Å². The molecule has 0 atom stereocenters. The zero-order valence-electron chi connectivity index (χ0n) is 15.5. The Labute approximate surface area is 140 Å². The zero-order chi connectivity index (χ0) is 17.0. The van der Waals surface area contributed by atoms with Crippen LogP contribution in [0.4, 0.5) is 0 Å². The summed E-state index contributed by atoms with van der Waals surface area (Å²) in [4.78, 5) is 4.62. The van der Waals surface area contributed by atoms with Crippen LogP contribution in [0.25, 0.3) is 16.4 Å². The first kappa shape index (κ1) is 17.5. The van der Waals surface area contributed by atoms with Crippen molar-refractivity contribution in [3.8, 4) is 0 Å². The molecule has 0 aliphatic rings. The first-order chi connectivity index (χ1) is 10.9. The van der Waals surface area contributed by atoms with Crippen LogP contribution in [0.3, 0.4) is 0 Å². The number of pyridine rings is 1. The van der Waals surface area contributed by atoms with Crippen LogP contribution < -0.4 is 0 Å². The molecule has 0 fully saturated rings. The molecule has 0 N–H and O–H groups in total. The van der Waals surface area contributed by atoms with Crippen molar-refractivity contribution < 1.29 is 0 Å². The largest absolute Gasteiger partial charge is 0.303 e. The van der Waals surface area contributed by atoms with Gasteiger partial charge in [-0.05, 0) is 17.9 Å². The summed E-state index contributed by atoms with van der Waals surface area (Å²) in [6.07, 6.45) is 8.28. The lowest BCUT2D eigenvalue weighted by atomic mass is 9.93. The standard InChI is InChI=1S/C16H18N2.C5H12/c1-11-10-18-14(16(2,3)4)9-17-15(18)13-8-6-5-7-12(11)13;1-3-5-4-2/h5-10H,1-4H3;3-5H2,1-2H3. The monoisotopic (exact) mass is 310 g/mol. The van der Waals surface area contributed by atoms with Crippen molar-refractivity contribution in [2.45, 2.75) is 66.2 Å². The van der Waals surface area contributed by atoms with Crippen LogP contribution in [0, 0.1) is 6.92 Å². The molecule has 0 saturated heterocycles. The number of hydrogen-bond donors (Lipinski definition) is 0. The SMILES string of the molecule is CCCCC.Cc1cn2c(C(C)(C)C)cnc2c2ccccc12. The van der Waals surface area contributed by atoms with Crippen LogP contribution in [0.1, 0.15) is 65.1 Å². The van der Waals surface area contributed by atoms with Gasteiger partial charge in [-0.2, -0.15) is 0 Å². The van der Waals surface area contributed by atoms with Gasteiger partial charge in [-0.25, -0.2) is 4.98 Å². The van der Waals surface area contributed by atoms with Gasteiger partial charge >= 0.3 is 0 Å². The Balaban J connectivity index is 0.000000338. The first-order valence-corrected chi connectivity index (χ1v) is 8.76. The number of aryl methyl sites for hydroxylation is 1. The number of rotatable bonds is 2. The third kappa shape index (κ3) is 3.74. The molecular weight excluding hydrogens is 280 g/mol. The summed E-state index contributed by atoms with van der Waals surface area (Å²) < 4.78 is 2.23. The van der Waals surface area contributed by atoms with Crippen LogP contribution >= 0.6 is 0 Å². The average Bonchev–Trinajstić information content (AvgIpc) is 2.93. The molecule has 0 bridgehead atoms. The second kappa shape index (κ2) is 7.16. The lowest BCUT2D eigenvalue weighted by molar-refractivity contribution is 0.563. The highest BCUT2D eigenvalue weighted by atomic mass is 15.0. The predicted octanol–water partition coefficient (Wildman–Crippen LogP) is 6.29. The van der Waals surface area contributed by atoms with Gasteiger partial charge in [0, 0.05) is 28.9 Å². The van der Waals surface area contributed by atoms with Crippen LogP contribution in [-0.4, -0.2) is 9.38 Å². The van der Waals surface area contributed by atoms with Crippen molar-refractivity contribution in [3.63, 3.8) is 0 Å². The van der Waals surface area contributed by atoms with Crippen molar-refractivity contribution in [1.29, 1.82) is 0 Å². The molecule has 23 heavy (non-hydrogen) atoms. The number of benzene rings is 1. The maximum Gasteiger partial charge on any atom is 0.144 e. The van der Waals surface area contributed by atoms with Crippen LogP contribution in [0.15, 0.2) is 36.7 Å². The Bertz CT molecular complexity index is 773. The van der Waals surface area contributed by atoms with E-state index in [0.29, 0.717) is 0 Å². The highest BCUT2D eigenvalue weighted by Gasteiger charge is 2.19. The van der Waals surface area contributed by atoms with Crippen molar-refractivity contribution in [2.24, 2.45) is 0 Å². The van der Waals surface area contributed by atoms with E-state index in [0.717, 1.165) is 5.65 Å². The molecule has 0 radical (unpaired) electrons. The van der Waals surface area contributed by atoms with Gasteiger partial charge in [-0.3, -0.25) is 0 Å². The van der Waals surface area contributed by atoms with E-state index in [1.807, 2.05) is 6.20 Å². The Hall–Kier alpha value is -1.83. The highest BCUT2D eigenvalue weighted by molar-refractivity contribution is 5.96. The van der Waals surface area contributed by atoms with Gasteiger partial charge in [0.2, 0.25) is 0 Å². The van der Waals surface area contributed by atoms with Gasteiger partial charge < -0.3 is 4.40 Å². The van der Waals surface area contributed by atoms with Crippen LogP contribution in [0.5, 0.6) is 0 Å². The number of hydrogen-bond acceptors (Lipinski definition) is 1. The normalized spacial score (nSPS) is 11.6. The van der Waals surface area contributed by atoms with E-state index in [1.165, 1.54) is 41.3 Å². The molecule has 0 aliphatic carbocycles. The lowest BCUT2D eigenvalue weighted by Gasteiger charge is -2.18. The quantitative estimate of drug-likeness (QED) is 0.543. The number of fused-ring (bicyclic) bond motifs is 3. The zero-order valence-corrected chi connectivity index (χ0v) is 15.5. The topological polar surface area (TPSA) is 17.3 Å². The maximum atomic E-state index is 4.62. The fraction of sp³-hybridized carbons (Fsp3) is 0.476. The molecule has 124 valence electrons. The van der Waals surface area contributed by atoms with Crippen molar-refractivity contribution in [2.75, 3.05) is 0 Å². The molecule has 1 aromatic carbocycles. The summed E-state index contributed by atoms with van der Waals surface area (Å²) in [5.41, 5.74) is 3.71. The summed E-state index contributed by atoms with van der Waals surface area (Å²) in [6.45, 7) is 13.3. The molecule has 0 amide bonds. The number of aromatic nitrogens is 2. The summed E-state index contributed by atoms with van der Waals surface area (Å²) in [7, 11) is 0. The Morgan fingerprint density at radius 1 is 1.00 bits per heavy atom. The van der Waals surface area contributed by atoms with Crippen molar-refractivity contribution in [3.05, 3.63) is 47.9 Å². The van der Waals surface area contributed by atoms with E-state index in [9.17, 15) is 0 Å². The summed E-state index contributed by atoms with van der Waals surface area (Å²) in [5, 5.41) is 2.52. The van der Waals surface area contributed by atoms with Crippen molar-refractivity contribution >= 4 is 16.4 Å². The smallest absolute Gasteiger partial charge is 0.144 e. The molecule has 2 aromatic heterocycles. The van der Waals surface area contributed by atoms with E-state index in [4.69, 9.17) is 0 Å². The average molecular weight is 310 g/mol. The molecule has 3 rings (SSSR count). The Morgan fingerprint density at radius 2 is 1.61 bits per heavy atom. The van der Waals surface area contributed by atoms with Crippen LogP contribution in [0.2, 0.25) is 0 Å². The van der Waals surface area contributed by atoms with Gasteiger partial charge in [0.05, 0.1) is 0 Å². The van der Waals surface area contributed by atoms with E-state index in [-0.39, 0.29) is 5.41 Å². The molecular formula is C21H30N2. The molecule has 0 aliphatic heterocycles. The van der Waals surface area contributed by atoms with Gasteiger partial charge in [0.1, 0.15) is 5.65 Å². The molecule has 0 saturated carbocycles. The minimum absolute atomic E-state index is 0.105. The van der Waals surface area contributed by atoms with E-state index in [2.05, 4.69) is 81.4 Å². The molecule has 3 aromatic rings. The third-order valence-electron chi connectivity index (χ3n) is 4.19. The Morgan fingerprint density at radius 3 is 2.13 bits per heavy atom. The van der Waals surface area contributed by atoms with E-state index < -0.39 is 0 Å². The molecule has 0 unspecified atom stereocenters. The second-order valence-electron chi connectivity index (χ2n) is 7.30. The minimum Gasteiger partial charge on any atom is -0.303 e. The van der Waals surface area contributed by atoms with E-state index in [1.54, 1.807) is 0 Å². The molecule has 2 heterocycles. The highest BCUT2D eigenvalue weighted by Crippen LogP contribution is 2.28. The summed E-state index contributed by atoms with van der Waals surface area (Å²) >= 11 is 0. The maximum absolute atomic E-state index is 4.62. The first-order valence-electron chi connectivity index (χ1n) is 8.76. The second-order valence-corrected chi connectivity index (χ2v) is 7.30. The summed E-state index contributed by atoms with van der Waals surface area (Å²) in [6, 6.07) is 8.47. The molecule has 2 heteroatoms. The van der Waals surface area contributed by atoms with Gasteiger partial charge in [-0.15, -0.1) is 0 Å².